The Morgan fingerprint density at radius 2 is 2.00 bits per heavy atom. The van der Waals surface area contributed by atoms with E-state index in [1.165, 1.54) is 13.2 Å². The predicted molar refractivity (Wildman–Crippen MR) is 57.4 cm³/mol. The lowest BCUT2D eigenvalue weighted by Gasteiger charge is -2.05. The van der Waals surface area contributed by atoms with Gasteiger partial charge in [-0.25, -0.2) is 9.18 Å². The summed E-state index contributed by atoms with van der Waals surface area (Å²) in [7, 11) is -2.45. The third kappa shape index (κ3) is 4.49. The molecule has 17 heavy (non-hydrogen) atoms. The number of benzene rings is 1. The summed E-state index contributed by atoms with van der Waals surface area (Å²) in [5.74, 6) is -1.37. The first kappa shape index (κ1) is 13.6. The van der Waals surface area contributed by atoms with Gasteiger partial charge in [-0.2, -0.15) is 8.42 Å². The van der Waals surface area contributed by atoms with Crippen LogP contribution in [-0.4, -0.2) is 27.8 Å². The van der Waals surface area contributed by atoms with E-state index < -0.39 is 21.9 Å². The van der Waals surface area contributed by atoms with Gasteiger partial charge in [0, 0.05) is 0 Å². The number of carbonyl (C=O) groups excluding carboxylic acids is 1. The van der Waals surface area contributed by atoms with Gasteiger partial charge in [0.2, 0.25) is 0 Å². The molecule has 0 fully saturated rings. The van der Waals surface area contributed by atoms with E-state index in [4.69, 9.17) is 0 Å². The number of hydrogen-bond acceptors (Lipinski definition) is 5. The fraction of sp³-hybridized carbons (Fsp3) is 0.300. The molecule has 0 atom stereocenters. The van der Waals surface area contributed by atoms with Gasteiger partial charge < -0.3 is 4.74 Å². The number of halogens is 1. The molecular weight excluding hydrogens is 251 g/mol. The van der Waals surface area contributed by atoms with Crippen LogP contribution in [0.1, 0.15) is 15.9 Å². The third-order valence-corrected chi connectivity index (χ3v) is 2.36. The molecule has 0 N–H and O–H groups in total. The first-order valence-corrected chi connectivity index (χ1v) is 6.35. The topological polar surface area (TPSA) is 69.7 Å². The monoisotopic (exact) mass is 262 g/mol. The Morgan fingerprint density at radius 3 is 2.53 bits per heavy atom. The molecule has 0 unspecified atom stereocenters. The lowest BCUT2D eigenvalue weighted by atomic mass is 10.1. The molecule has 0 saturated heterocycles. The Balaban J connectivity index is 2.94. The van der Waals surface area contributed by atoms with Gasteiger partial charge in [0.15, 0.2) is 0 Å². The summed E-state index contributed by atoms with van der Waals surface area (Å²) in [5.41, 5.74) is 0.232. The zero-order chi connectivity index (χ0) is 13.1. The highest BCUT2D eigenvalue weighted by Gasteiger charge is 2.10. The molecule has 0 aromatic heterocycles. The number of methoxy groups -OCH3 is 1. The minimum atomic E-state index is -3.61. The summed E-state index contributed by atoms with van der Waals surface area (Å²) in [6.07, 6.45) is 0.882. The molecular formula is C10H11FO5S. The Hall–Kier alpha value is -1.47. The predicted octanol–water partition coefficient (Wildman–Crippen LogP) is 1.09. The highest BCUT2D eigenvalue weighted by molar-refractivity contribution is 7.85. The van der Waals surface area contributed by atoms with Crippen LogP contribution in [0.25, 0.3) is 0 Å². The van der Waals surface area contributed by atoms with E-state index in [1.54, 1.807) is 0 Å². The highest BCUT2D eigenvalue weighted by atomic mass is 32.2. The second-order valence-corrected chi connectivity index (χ2v) is 4.95. The van der Waals surface area contributed by atoms with Crippen LogP contribution in [0.2, 0.25) is 0 Å². The quantitative estimate of drug-likeness (QED) is 0.600. The fourth-order valence-electron chi connectivity index (χ4n) is 1.14. The van der Waals surface area contributed by atoms with Crippen LogP contribution in [0.5, 0.6) is 0 Å². The molecule has 0 aliphatic rings. The maximum absolute atomic E-state index is 13.1. The molecule has 0 heterocycles. The van der Waals surface area contributed by atoms with E-state index in [9.17, 15) is 17.6 Å². The largest absolute Gasteiger partial charge is 0.465 e. The second-order valence-electron chi connectivity index (χ2n) is 3.31. The zero-order valence-electron chi connectivity index (χ0n) is 9.27. The second kappa shape index (κ2) is 5.24. The van der Waals surface area contributed by atoms with Crippen molar-refractivity contribution in [2.24, 2.45) is 0 Å². The Bertz CT molecular complexity index is 523. The van der Waals surface area contributed by atoms with Gasteiger partial charge in [-0.15, -0.1) is 0 Å². The van der Waals surface area contributed by atoms with Crippen LogP contribution in [0.15, 0.2) is 18.2 Å². The maximum Gasteiger partial charge on any atom is 0.337 e. The summed E-state index contributed by atoms with van der Waals surface area (Å²) < 4.78 is 43.6. The van der Waals surface area contributed by atoms with Gasteiger partial charge in [0.25, 0.3) is 10.1 Å². The molecule has 1 aromatic carbocycles. The smallest absolute Gasteiger partial charge is 0.337 e. The zero-order valence-corrected chi connectivity index (χ0v) is 10.1. The van der Waals surface area contributed by atoms with E-state index in [-0.39, 0.29) is 17.7 Å². The van der Waals surface area contributed by atoms with Crippen LogP contribution in [0.4, 0.5) is 4.39 Å². The molecule has 0 saturated carbocycles. The van der Waals surface area contributed by atoms with Gasteiger partial charge in [-0.1, -0.05) is 0 Å². The summed E-state index contributed by atoms with van der Waals surface area (Å²) in [4.78, 5) is 11.2. The van der Waals surface area contributed by atoms with Crippen molar-refractivity contribution in [1.82, 2.24) is 0 Å². The van der Waals surface area contributed by atoms with Gasteiger partial charge in [0.05, 0.1) is 25.5 Å². The Kier molecular flexibility index (Phi) is 4.19. The first-order chi connectivity index (χ1) is 7.81. The van der Waals surface area contributed by atoms with Gasteiger partial charge in [-0.3, -0.25) is 4.18 Å². The molecule has 0 bridgehead atoms. The van der Waals surface area contributed by atoms with Crippen LogP contribution < -0.4 is 0 Å². The highest BCUT2D eigenvalue weighted by Crippen LogP contribution is 2.12. The minimum Gasteiger partial charge on any atom is -0.465 e. The average molecular weight is 262 g/mol. The van der Waals surface area contributed by atoms with Crippen LogP contribution in [-0.2, 0) is 25.6 Å². The molecule has 5 nitrogen and oxygen atoms in total. The average Bonchev–Trinajstić information content (AvgIpc) is 2.23. The van der Waals surface area contributed by atoms with Crippen molar-refractivity contribution in [1.29, 1.82) is 0 Å². The SMILES string of the molecule is COC(=O)c1cc(F)cc(COS(C)(=O)=O)c1. The Morgan fingerprint density at radius 1 is 1.35 bits per heavy atom. The Labute approximate surface area is 98.3 Å². The third-order valence-electron chi connectivity index (χ3n) is 1.82. The molecule has 0 spiro atoms. The lowest BCUT2D eigenvalue weighted by Crippen LogP contribution is -2.06. The van der Waals surface area contributed by atoms with Crippen molar-refractivity contribution >= 4 is 16.1 Å². The van der Waals surface area contributed by atoms with Crippen molar-refractivity contribution in [3.63, 3.8) is 0 Å². The molecule has 1 rings (SSSR count). The van der Waals surface area contributed by atoms with E-state index >= 15 is 0 Å². The van der Waals surface area contributed by atoms with Crippen LogP contribution in [0, 0.1) is 5.82 Å². The van der Waals surface area contributed by atoms with Crippen molar-refractivity contribution in [2.45, 2.75) is 6.61 Å². The number of rotatable bonds is 4. The van der Waals surface area contributed by atoms with Gasteiger partial charge in [-0.05, 0) is 23.8 Å². The number of hydrogen-bond donors (Lipinski definition) is 0. The lowest BCUT2D eigenvalue weighted by molar-refractivity contribution is 0.0600. The number of esters is 1. The summed E-state index contributed by atoms with van der Waals surface area (Å²) in [5, 5.41) is 0. The molecule has 7 heteroatoms. The standard InChI is InChI=1S/C10H11FO5S/c1-15-10(12)8-3-7(4-9(11)5-8)6-16-17(2,13)14/h3-5H,6H2,1-2H3. The fourth-order valence-corrected chi connectivity index (χ4v) is 1.49. The molecule has 0 aliphatic heterocycles. The molecule has 0 radical (unpaired) electrons. The van der Waals surface area contributed by atoms with Crippen molar-refractivity contribution in [3.05, 3.63) is 35.1 Å². The van der Waals surface area contributed by atoms with Crippen LogP contribution >= 0.6 is 0 Å². The van der Waals surface area contributed by atoms with Crippen LogP contribution in [0.3, 0.4) is 0 Å². The normalized spacial score (nSPS) is 11.2. The van der Waals surface area contributed by atoms with E-state index in [0.29, 0.717) is 0 Å². The number of carbonyl (C=O) groups is 1. The summed E-state index contributed by atoms with van der Waals surface area (Å²) >= 11 is 0. The van der Waals surface area contributed by atoms with Crippen molar-refractivity contribution in [3.8, 4) is 0 Å². The van der Waals surface area contributed by atoms with E-state index in [1.807, 2.05) is 0 Å². The van der Waals surface area contributed by atoms with E-state index in [0.717, 1.165) is 18.4 Å². The van der Waals surface area contributed by atoms with E-state index in [2.05, 4.69) is 8.92 Å². The summed E-state index contributed by atoms with van der Waals surface area (Å²) in [6.45, 7) is -0.333. The van der Waals surface area contributed by atoms with Gasteiger partial charge >= 0.3 is 5.97 Å². The maximum atomic E-state index is 13.1. The molecule has 1 aromatic rings. The number of ether oxygens (including phenoxy) is 1. The first-order valence-electron chi connectivity index (χ1n) is 4.54. The summed E-state index contributed by atoms with van der Waals surface area (Å²) in [6, 6.07) is 3.38. The minimum absolute atomic E-state index is 0.000369. The van der Waals surface area contributed by atoms with Gasteiger partial charge in [0.1, 0.15) is 5.82 Å². The molecule has 0 amide bonds. The molecule has 94 valence electrons. The van der Waals surface area contributed by atoms with Crippen molar-refractivity contribution in [2.75, 3.05) is 13.4 Å². The molecule has 0 aliphatic carbocycles. The van der Waals surface area contributed by atoms with Crippen molar-refractivity contribution < 1.29 is 26.5 Å².